The van der Waals surface area contributed by atoms with Crippen LogP contribution in [0.15, 0.2) is 41.2 Å². The summed E-state index contributed by atoms with van der Waals surface area (Å²) < 4.78 is 3.03. The van der Waals surface area contributed by atoms with Crippen molar-refractivity contribution in [3.05, 3.63) is 69.3 Å². The molecule has 0 unspecified atom stereocenters. The maximum atomic E-state index is 12.5. The van der Waals surface area contributed by atoms with Crippen molar-refractivity contribution in [2.24, 2.45) is 0 Å². The molecule has 2 amide bonds. The molecular weight excluding hydrogens is 348 g/mol. The predicted molar refractivity (Wildman–Crippen MR) is 96.7 cm³/mol. The van der Waals surface area contributed by atoms with Gasteiger partial charge in [-0.1, -0.05) is 12.1 Å². The standard InChI is InChI=1S/C19H18N4O4/c1-11-7-16-21(12(2)8-17(25)23(16)20-11)9-13(24)10-22-18(26)14-5-3-4-6-15(14)19(22)27/h3-8,13,24H,9-10H2,1-2H3/t13-/m1/s1. The Hall–Kier alpha value is -3.26. The number of imide groups is 1. The van der Waals surface area contributed by atoms with E-state index in [1.165, 1.54) is 10.6 Å². The smallest absolute Gasteiger partial charge is 0.274 e. The van der Waals surface area contributed by atoms with Crippen molar-refractivity contribution in [3.63, 3.8) is 0 Å². The largest absolute Gasteiger partial charge is 0.389 e. The molecule has 0 aliphatic carbocycles. The highest BCUT2D eigenvalue weighted by Crippen LogP contribution is 2.22. The number of carbonyl (C=O) groups excluding carboxylic acids is 2. The van der Waals surface area contributed by atoms with Gasteiger partial charge >= 0.3 is 0 Å². The lowest BCUT2D eigenvalue weighted by Gasteiger charge is -2.21. The summed E-state index contributed by atoms with van der Waals surface area (Å²) in [7, 11) is 0. The molecule has 0 spiro atoms. The predicted octanol–water partition coefficient (Wildman–Crippen LogP) is 0.770. The number of hydrogen-bond donors (Lipinski definition) is 1. The second-order valence-electron chi connectivity index (χ2n) is 6.71. The van der Waals surface area contributed by atoms with E-state index in [1.807, 2.05) is 0 Å². The zero-order chi connectivity index (χ0) is 19.3. The molecule has 0 bridgehead atoms. The van der Waals surface area contributed by atoms with E-state index in [0.717, 1.165) is 4.90 Å². The minimum absolute atomic E-state index is 0.119. The highest BCUT2D eigenvalue weighted by atomic mass is 16.3. The van der Waals surface area contributed by atoms with Gasteiger partial charge in [-0.2, -0.15) is 9.61 Å². The maximum Gasteiger partial charge on any atom is 0.274 e. The molecule has 1 aliphatic rings. The van der Waals surface area contributed by atoms with Gasteiger partial charge in [0.15, 0.2) is 0 Å². The molecule has 27 heavy (non-hydrogen) atoms. The minimum atomic E-state index is -0.993. The van der Waals surface area contributed by atoms with Gasteiger partial charge in [0.05, 0.1) is 36.0 Å². The topological polar surface area (TPSA) is 96.9 Å². The Morgan fingerprint density at radius 3 is 2.26 bits per heavy atom. The Balaban J connectivity index is 1.60. The van der Waals surface area contributed by atoms with Gasteiger partial charge in [0.2, 0.25) is 0 Å². The lowest BCUT2D eigenvalue weighted by molar-refractivity contribution is 0.0521. The average Bonchev–Trinajstić information content (AvgIpc) is 3.13. The number of carbonyl (C=O) groups is 2. The van der Waals surface area contributed by atoms with Crippen molar-refractivity contribution < 1.29 is 14.7 Å². The van der Waals surface area contributed by atoms with Crippen LogP contribution in [0.25, 0.3) is 5.65 Å². The summed E-state index contributed by atoms with van der Waals surface area (Å²) in [6, 6.07) is 9.80. The lowest BCUT2D eigenvalue weighted by Crippen LogP contribution is -2.39. The Labute approximate surface area is 154 Å². The number of β-amino-alcohol motifs (C(OH)–C–C–N with tert-alkyl or cyclic N) is 1. The minimum Gasteiger partial charge on any atom is -0.389 e. The summed E-state index contributed by atoms with van der Waals surface area (Å²) in [5.74, 6) is -0.812. The number of amides is 2. The van der Waals surface area contributed by atoms with E-state index in [9.17, 15) is 19.5 Å². The molecule has 0 saturated heterocycles. The number of hydrogen-bond acceptors (Lipinski definition) is 5. The number of nitrogens with zero attached hydrogens (tertiary/aromatic N) is 4. The molecule has 8 nitrogen and oxygen atoms in total. The Morgan fingerprint density at radius 1 is 1.00 bits per heavy atom. The van der Waals surface area contributed by atoms with Gasteiger partial charge in [-0.05, 0) is 26.0 Å². The Bertz CT molecular complexity index is 1110. The first kappa shape index (κ1) is 17.2. The van der Waals surface area contributed by atoms with Crippen molar-refractivity contribution >= 4 is 17.5 Å². The van der Waals surface area contributed by atoms with Gasteiger partial charge in [-0.15, -0.1) is 0 Å². The molecule has 4 rings (SSSR count). The fraction of sp³-hybridized carbons (Fsp3) is 0.263. The number of aliphatic hydroxyl groups is 1. The van der Waals surface area contributed by atoms with Crippen LogP contribution in [0.1, 0.15) is 32.1 Å². The highest BCUT2D eigenvalue weighted by Gasteiger charge is 2.36. The Kier molecular flexibility index (Phi) is 3.92. The number of aryl methyl sites for hydroxylation is 2. The second-order valence-corrected chi connectivity index (χ2v) is 6.71. The van der Waals surface area contributed by atoms with Crippen LogP contribution in [0.2, 0.25) is 0 Å². The average molecular weight is 366 g/mol. The van der Waals surface area contributed by atoms with Crippen molar-refractivity contribution in [3.8, 4) is 0 Å². The first-order valence-electron chi connectivity index (χ1n) is 8.57. The molecule has 1 N–H and O–H groups in total. The monoisotopic (exact) mass is 366 g/mol. The fourth-order valence-corrected chi connectivity index (χ4v) is 3.46. The molecule has 138 valence electrons. The molecule has 1 aromatic carbocycles. The molecular formula is C19H18N4O4. The zero-order valence-electron chi connectivity index (χ0n) is 14.9. The van der Waals surface area contributed by atoms with Gasteiger partial charge in [0.25, 0.3) is 17.4 Å². The van der Waals surface area contributed by atoms with Crippen molar-refractivity contribution in [2.45, 2.75) is 26.5 Å². The summed E-state index contributed by atoms with van der Waals surface area (Å²) in [6.45, 7) is 3.53. The molecule has 0 saturated carbocycles. The van der Waals surface area contributed by atoms with Crippen LogP contribution in [0.3, 0.4) is 0 Å². The van der Waals surface area contributed by atoms with Crippen molar-refractivity contribution in [1.29, 1.82) is 0 Å². The van der Waals surface area contributed by atoms with E-state index >= 15 is 0 Å². The second kappa shape index (κ2) is 6.17. The molecule has 3 heterocycles. The Morgan fingerprint density at radius 2 is 1.63 bits per heavy atom. The third kappa shape index (κ3) is 2.74. The number of aromatic nitrogens is 3. The summed E-state index contributed by atoms with van der Waals surface area (Å²) in [4.78, 5) is 38.0. The maximum absolute atomic E-state index is 12.5. The number of fused-ring (bicyclic) bond motifs is 2. The molecule has 2 aromatic heterocycles. The lowest BCUT2D eigenvalue weighted by atomic mass is 10.1. The third-order valence-electron chi connectivity index (χ3n) is 4.72. The summed E-state index contributed by atoms with van der Waals surface area (Å²) in [6.07, 6.45) is -0.993. The normalized spacial score (nSPS) is 14.9. The van der Waals surface area contributed by atoms with E-state index in [-0.39, 0.29) is 18.6 Å². The number of benzene rings is 1. The van der Waals surface area contributed by atoms with Gasteiger partial charge in [-0.25, -0.2) is 0 Å². The first-order chi connectivity index (χ1) is 12.9. The first-order valence-corrected chi connectivity index (χ1v) is 8.57. The molecule has 1 aliphatic heterocycles. The van der Waals surface area contributed by atoms with Crippen LogP contribution >= 0.6 is 0 Å². The van der Waals surface area contributed by atoms with Crippen LogP contribution in [-0.2, 0) is 6.54 Å². The van der Waals surface area contributed by atoms with Crippen molar-refractivity contribution in [2.75, 3.05) is 6.54 Å². The summed E-state index contributed by atoms with van der Waals surface area (Å²) >= 11 is 0. The number of aliphatic hydroxyl groups excluding tert-OH is 1. The van der Waals surface area contributed by atoms with Gasteiger partial charge in [0, 0.05) is 17.8 Å². The van der Waals surface area contributed by atoms with E-state index in [1.54, 1.807) is 48.7 Å². The molecule has 0 radical (unpaired) electrons. The quantitative estimate of drug-likeness (QED) is 0.688. The van der Waals surface area contributed by atoms with E-state index in [2.05, 4.69) is 5.10 Å². The molecule has 1 atom stereocenters. The summed E-state index contributed by atoms with van der Waals surface area (Å²) in [5, 5.41) is 14.7. The highest BCUT2D eigenvalue weighted by molar-refractivity contribution is 6.21. The molecule has 8 heteroatoms. The zero-order valence-corrected chi connectivity index (χ0v) is 14.9. The van der Waals surface area contributed by atoms with Crippen molar-refractivity contribution in [1.82, 2.24) is 19.1 Å². The molecule has 3 aromatic rings. The third-order valence-corrected chi connectivity index (χ3v) is 4.72. The van der Waals surface area contributed by atoms with Crippen LogP contribution in [0.4, 0.5) is 0 Å². The van der Waals surface area contributed by atoms with Crippen LogP contribution in [0.5, 0.6) is 0 Å². The van der Waals surface area contributed by atoms with Crippen LogP contribution < -0.4 is 5.56 Å². The fourth-order valence-electron chi connectivity index (χ4n) is 3.46. The van der Waals surface area contributed by atoms with Gasteiger partial charge in [0.1, 0.15) is 5.65 Å². The number of rotatable bonds is 4. The summed E-state index contributed by atoms with van der Waals surface area (Å²) in [5.41, 5.74) is 2.35. The van der Waals surface area contributed by atoms with Crippen LogP contribution in [-0.4, -0.2) is 48.7 Å². The van der Waals surface area contributed by atoms with Gasteiger partial charge in [-0.3, -0.25) is 19.3 Å². The van der Waals surface area contributed by atoms with Crippen LogP contribution in [0, 0.1) is 13.8 Å². The van der Waals surface area contributed by atoms with E-state index in [0.29, 0.717) is 28.2 Å². The van der Waals surface area contributed by atoms with E-state index in [4.69, 9.17) is 0 Å². The van der Waals surface area contributed by atoms with E-state index < -0.39 is 17.9 Å². The molecule has 0 fully saturated rings. The van der Waals surface area contributed by atoms with Gasteiger partial charge < -0.3 is 9.67 Å². The SMILES string of the molecule is Cc1cc2n(C[C@@H](O)CN3C(=O)c4ccccc4C3=O)c(C)cc(=O)n2n1.